The summed E-state index contributed by atoms with van der Waals surface area (Å²) in [7, 11) is -4.88. The number of rotatable bonds is 4. The Morgan fingerprint density at radius 3 is 1.37 bits per heavy atom. The van der Waals surface area contributed by atoms with Gasteiger partial charge < -0.3 is 10.3 Å². The Balaban J connectivity index is 0.000000262. The van der Waals surface area contributed by atoms with Crippen LogP contribution in [0.2, 0.25) is 0 Å². The number of benzene rings is 5. The fraction of sp³-hybridized carbons (Fsp3) is 0.118. The molecular formula is C34H34NO3PPdS. The average Bonchev–Trinajstić information content (AvgIpc) is 2.92. The van der Waals surface area contributed by atoms with Gasteiger partial charge in [-0.05, 0) is 55.7 Å². The van der Waals surface area contributed by atoms with Crippen LogP contribution in [0.1, 0.15) is 16.7 Å². The van der Waals surface area contributed by atoms with Crippen molar-refractivity contribution < 1.29 is 33.4 Å². The SMILES string of the molecule is CS(=O)(=O)[O-].Cc1ccccc1[PH+](c1ccccc1C)c1ccccc1C.[NH-]c1ccccc1-c1[c-]cccc1.[Pd+2]. The molecule has 7 heteroatoms. The van der Waals surface area contributed by atoms with E-state index in [-0.39, 0.29) is 20.4 Å². The fourth-order valence-electron chi connectivity index (χ4n) is 4.27. The van der Waals surface area contributed by atoms with E-state index in [0.29, 0.717) is 11.9 Å². The zero-order chi connectivity index (χ0) is 29.1. The van der Waals surface area contributed by atoms with Crippen molar-refractivity contribution in [2.45, 2.75) is 20.8 Å². The molecule has 0 amide bonds. The molecule has 0 aliphatic carbocycles. The second kappa shape index (κ2) is 16.4. The van der Waals surface area contributed by atoms with Crippen LogP contribution in [0.3, 0.4) is 0 Å². The van der Waals surface area contributed by atoms with E-state index in [9.17, 15) is 0 Å². The minimum Gasteiger partial charge on any atom is -0.748 e. The summed E-state index contributed by atoms with van der Waals surface area (Å²) in [5, 5.41) is 4.49. The van der Waals surface area contributed by atoms with E-state index in [1.807, 2.05) is 42.5 Å². The van der Waals surface area contributed by atoms with Gasteiger partial charge >= 0.3 is 20.4 Å². The van der Waals surface area contributed by atoms with Crippen molar-refractivity contribution in [2.24, 2.45) is 0 Å². The molecule has 0 aromatic heterocycles. The molecule has 0 fully saturated rings. The van der Waals surface area contributed by atoms with Crippen LogP contribution in [0.15, 0.2) is 121 Å². The molecule has 5 rings (SSSR count). The molecule has 0 unspecified atom stereocenters. The van der Waals surface area contributed by atoms with Crippen LogP contribution in [0.5, 0.6) is 0 Å². The first-order valence-corrected chi connectivity index (χ1v) is 16.1. The summed E-state index contributed by atoms with van der Waals surface area (Å²) in [6.45, 7) is 6.70. The monoisotopic (exact) mass is 673 g/mol. The molecular weight excluding hydrogens is 640 g/mol. The van der Waals surface area contributed by atoms with Crippen LogP contribution in [0.25, 0.3) is 16.9 Å². The van der Waals surface area contributed by atoms with Gasteiger partial charge in [0, 0.05) is 6.26 Å². The minimum absolute atomic E-state index is 0. The molecule has 0 aliphatic rings. The maximum atomic E-state index is 9.08. The van der Waals surface area contributed by atoms with Gasteiger partial charge in [0.15, 0.2) is 0 Å². The Morgan fingerprint density at radius 1 is 0.634 bits per heavy atom. The number of nitrogens with one attached hydrogen (secondary N) is 1. The predicted octanol–water partition coefficient (Wildman–Crippen LogP) is 7.10. The number of hydrogen-bond donors (Lipinski definition) is 0. The first-order chi connectivity index (χ1) is 19.1. The Labute approximate surface area is 259 Å². The van der Waals surface area contributed by atoms with E-state index >= 15 is 0 Å². The molecule has 5 aromatic rings. The molecule has 0 atom stereocenters. The van der Waals surface area contributed by atoms with Crippen molar-refractivity contribution in [1.29, 1.82) is 0 Å². The topological polar surface area (TPSA) is 81.0 Å². The Morgan fingerprint density at radius 2 is 1.00 bits per heavy atom. The molecule has 0 spiro atoms. The van der Waals surface area contributed by atoms with Crippen molar-refractivity contribution in [3.63, 3.8) is 0 Å². The van der Waals surface area contributed by atoms with E-state index in [2.05, 4.69) is 99.6 Å². The molecule has 0 bridgehead atoms. The molecule has 41 heavy (non-hydrogen) atoms. The van der Waals surface area contributed by atoms with Crippen LogP contribution < -0.4 is 15.9 Å². The summed E-state index contributed by atoms with van der Waals surface area (Å²) in [5.41, 5.74) is 14.3. The second-order valence-corrected chi connectivity index (χ2v) is 13.1. The van der Waals surface area contributed by atoms with E-state index in [1.165, 1.54) is 32.6 Å². The fourth-order valence-corrected chi connectivity index (χ4v) is 7.37. The summed E-state index contributed by atoms with van der Waals surface area (Å²) < 4.78 is 27.2. The van der Waals surface area contributed by atoms with Crippen molar-refractivity contribution in [3.8, 4) is 11.1 Å². The van der Waals surface area contributed by atoms with Gasteiger partial charge in [-0.15, -0.1) is 41.5 Å². The van der Waals surface area contributed by atoms with Gasteiger partial charge in [-0.3, -0.25) is 0 Å². The van der Waals surface area contributed by atoms with Crippen LogP contribution in [0, 0.1) is 26.8 Å². The second-order valence-electron chi connectivity index (χ2n) is 9.35. The Kier molecular flexibility index (Phi) is 13.6. The summed E-state index contributed by atoms with van der Waals surface area (Å²) in [6.07, 6.45) is 0.604. The first-order valence-electron chi connectivity index (χ1n) is 12.8. The number of hydrogen-bond acceptors (Lipinski definition) is 3. The molecule has 0 heterocycles. The summed E-state index contributed by atoms with van der Waals surface area (Å²) in [6, 6.07) is 44.9. The van der Waals surface area contributed by atoms with Gasteiger partial charge in [0.25, 0.3) is 0 Å². The zero-order valence-electron chi connectivity index (χ0n) is 23.5. The van der Waals surface area contributed by atoms with Crippen LogP contribution in [-0.2, 0) is 30.5 Å². The molecule has 1 N–H and O–H groups in total. The van der Waals surface area contributed by atoms with Crippen LogP contribution in [0.4, 0.5) is 5.69 Å². The van der Waals surface area contributed by atoms with Crippen LogP contribution >= 0.6 is 7.92 Å². The quantitative estimate of drug-likeness (QED) is 0.0884. The summed E-state index contributed by atoms with van der Waals surface area (Å²) in [5.74, 6) is 0. The van der Waals surface area contributed by atoms with Crippen molar-refractivity contribution in [1.82, 2.24) is 0 Å². The maximum Gasteiger partial charge on any atom is 2.00 e. The normalized spacial score (nSPS) is 10.4. The molecule has 5 aromatic carbocycles. The van der Waals surface area contributed by atoms with Crippen LogP contribution in [-0.4, -0.2) is 19.2 Å². The number of aryl methyl sites for hydroxylation is 3. The van der Waals surface area contributed by atoms with E-state index in [0.717, 1.165) is 11.1 Å². The molecule has 4 nitrogen and oxygen atoms in total. The van der Waals surface area contributed by atoms with Gasteiger partial charge in [0.2, 0.25) is 0 Å². The van der Waals surface area contributed by atoms with E-state index in [4.69, 9.17) is 18.7 Å². The predicted molar refractivity (Wildman–Crippen MR) is 171 cm³/mol. The summed E-state index contributed by atoms with van der Waals surface area (Å²) in [4.78, 5) is 0. The standard InChI is InChI=1S/C21H21P.C12H9N.CH4O3S.Pd/c1-16-10-4-7-13-19(16)22(20-14-8-5-11-17(20)2)21-15-9-6-12-18(21)3;13-12-9-5-4-8-11(12)10-6-2-1-3-7-10;1-5(2,3)4;/h4-15H,1-3H3;1-6,8-9,13H;1H3,(H,2,3,4);/q;-2;;+2. The minimum atomic E-state index is -3.92. The van der Waals surface area contributed by atoms with Gasteiger partial charge in [0.1, 0.15) is 15.9 Å². The third-order valence-electron chi connectivity index (χ3n) is 6.17. The largest absolute Gasteiger partial charge is 2.00 e. The third-order valence-corrected chi connectivity index (χ3v) is 9.47. The Bertz CT molecular complexity index is 1530. The van der Waals surface area contributed by atoms with E-state index < -0.39 is 18.0 Å². The van der Waals surface area contributed by atoms with Gasteiger partial charge in [0.05, 0.1) is 18.0 Å². The molecule has 0 radical (unpaired) electrons. The third kappa shape index (κ3) is 10.7. The van der Waals surface area contributed by atoms with Gasteiger partial charge in [-0.1, -0.05) is 78.9 Å². The molecule has 0 saturated heterocycles. The summed E-state index contributed by atoms with van der Waals surface area (Å²) >= 11 is 0. The van der Waals surface area contributed by atoms with Gasteiger partial charge in [-0.2, -0.15) is 5.69 Å². The molecule has 0 saturated carbocycles. The first kappa shape index (κ1) is 34.1. The van der Waals surface area contributed by atoms with E-state index in [1.54, 1.807) is 6.07 Å². The molecule has 214 valence electrons. The zero-order valence-corrected chi connectivity index (χ0v) is 26.9. The smallest absolute Gasteiger partial charge is 0.748 e. The maximum absolute atomic E-state index is 9.08. The Hall–Kier alpha value is -3.10. The van der Waals surface area contributed by atoms with Gasteiger partial charge in [-0.25, -0.2) is 8.42 Å². The van der Waals surface area contributed by atoms with Crippen molar-refractivity contribution >= 4 is 39.6 Å². The van der Waals surface area contributed by atoms with Crippen molar-refractivity contribution in [3.05, 3.63) is 150 Å². The molecule has 0 aliphatic heterocycles. The average molecular weight is 674 g/mol. The van der Waals surface area contributed by atoms with Crippen molar-refractivity contribution in [2.75, 3.05) is 6.26 Å².